The number of carbonyl (C=O) groups is 1. The van der Waals surface area contributed by atoms with E-state index in [-0.39, 0.29) is 18.3 Å². The van der Waals surface area contributed by atoms with Gasteiger partial charge in [-0.1, -0.05) is 18.2 Å². The van der Waals surface area contributed by atoms with E-state index in [0.29, 0.717) is 24.6 Å². The van der Waals surface area contributed by atoms with Crippen LogP contribution in [0.25, 0.3) is 0 Å². The monoisotopic (exact) mass is 367 g/mol. The Morgan fingerprint density at radius 3 is 2.37 bits per heavy atom. The smallest absolute Gasteiger partial charge is 0.261 e. The molecule has 0 atom stereocenters. The maximum absolute atomic E-state index is 13.1. The lowest BCUT2D eigenvalue weighted by molar-refractivity contribution is -0.134. The molecule has 0 bridgehead atoms. The van der Waals surface area contributed by atoms with Crippen LogP contribution in [0.15, 0.2) is 65.3 Å². The van der Waals surface area contributed by atoms with Crippen molar-refractivity contribution >= 4 is 5.91 Å². The molecule has 1 heterocycles. The van der Waals surface area contributed by atoms with Gasteiger partial charge in [-0.25, -0.2) is 4.39 Å². The van der Waals surface area contributed by atoms with Crippen molar-refractivity contribution in [2.24, 2.45) is 0 Å². The Kier molecular flexibility index (Phi) is 5.91. The molecule has 1 aromatic heterocycles. The minimum Gasteiger partial charge on any atom is -0.484 e. The largest absolute Gasteiger partial charge is 0.484 e. The van der Waals surface area contributed by atoms with Crippen LogP contribution in [0.5, 0.6) is 5.75 Å². The molecule has 27 heavy (non-hydrogen) atoms. The van der Waals surface area contributed by atoms with E-state index in [2.05, 4.69) is 0 Å². The van der Waals surface area contributed by atoms with E-state index in [0.717, 1.165) is 16.7 Å². The van der Waals surface area contributed by atoms with Gasteiger partial charge in [0.25, 0.3) is 5.91 Å². The predicted molar refractivity (Wildman–Crippen MR) is 101 cm³/mol. The summed E-state index contributed by atoms with van der Waals surface area (Å²) in [4.78, 5) is 14.4. The molecule has 4 nitrogen and oxygen atoms in total. The van der Waals surface area contributed by atoms with Crippen LogP contribution >= 0.6 is 0 Å². The standard InChI is InChI=1S/C22H22FNO3/c1-16-10-17(2)12-21(11-16)27-15-22(25)24(14-20-4-3-9-26-20)13-18-5-7-19(23)8-6-18/h3-12H,13-15H2,1-2H3. The van der Waals surface area contributed by atoms with Crippen molar-refractivity contribution in [1.82, 2.24) is 4.90 Å². The molecular formula is C22H22FNO3. The van der Waals surface area contributed by atoms with E-state index in [9.17, 15) is 9.18 Å². The highest BCUT2D eigenvalue weighted by Gasteiger charge is 2.17. The molecule has 1 amide bonds. The second-order valence-corrected chi connectivity index (χ2v) is 6.57. The van der Waals surface area contributed by atoms with Crippen LogP contribution in [0.4, 0.5) is 4.39 Å². The van der Waals surface area contributed by atoms with Gasteiger partial charge in [0.1, 0.15) is 17.3 Å². The van der Waals surface area contributed by atoms with Crippen LogP contribution in [0.3, 0.4) is 0 Å². The summed E-state index contributed by atoms with van der Waals surface area (Å²) in [5.41, 5.74) is 3.00. The third-order valence-electron chi connectivity index (χ3n) is 4.12. The molecule has 2 aromatic carbocycles. The average molecular weight is 367 g/mol. The van der Waals surface area contributed by atoms with Crippen LogP contribution < -0.4 is 4.74 Å². The normalized spacial score (nSPS) is 10.6. The second-order valence-electron chi connectivity index (χ2n) is 6.57. The number of aryl methyl sites for hydroxylation is 2. The molecule has 0 spiro atoms. The van der Waals surface area contributed by atoms with Gasteiger partial charge in [0, 0.05) is 6.54 Å². The lowest BCUT2D eigenvalue weighted by Crippen LogP contribution is -2.34. The van der Waals surface area contributed by atoms with Crippen molar-refractivity contribution in [3.05, 3.63) is 89.1 Å². The molecule has 5 heteroatoms. The van der Waals surface area contributed by atoms with E-state index in [1.807, 2.05) is 38.1 Å². The maximum atomic E-state index is 13.1. The highest BCUT2D eigenvalue weighted by molar-refractivity contribution is 5.77. The SMILES string of the molecule is Cc1cc(C)cc(OCC(=O)N(Cc2ccc(F)cc2)Cc2ccco2)c1. The number of rotatable bonds is 7. The molecule has 3 rings (SSSR count). The summed E-state index contributed by atoms with van der Waals surface area (Å²) < 4.78 is 24.2. The zero-order valence-electron chi connectivity index (χ0n) is 15.4. The minimum atomic E-state index is -0.305. The second kappa shape index (κ2) is 8.54. The number of hydrogen-bond acceptors (Lipinski definition) is 3. The third-order valence-corrected chi connectivity index (χ3v) is 4.12. The van der Waals surface area contributed by atoms with Crippen molar-refractivity contribution < 1.29 is 18.3 Å². The Morgan fingerprint density at radius 2 is 1.74 bits per heavy atom. The van der Waals surface area contributed by atoms with Crippen molar-refractivity contribution in [2.75, 3.05) is 6.61 Å². The number of nitrogens with zero attached hydrogens (tertiary/aromatic N) is 1. The molecule has 3 aromatic rings. The summed E-state index contributed by atoms with van der Waals surface area (Å²) in [5, 5.41) is 0. The zero-order valence-corrected chi connectivity index (χ0v) is 15.4. The van der Waals surface area contributed by atoms with Crippen molar-refractivity contribution in [2.45, 2.75) is 26.9 Å². The van der Waals surface area contributed by atoms with E-state index in [4.69, 9.17) is 9.15 Å². The fourth-order valence-corrected chi connectivity index (χ4v) is 2.89. The van der Waals surface area contributed by atoms with Crippen molar-refractivity contribution in [1.29, 1.82) is 0 Å². The molecule has 140 valence electrons. The first-order valence-electron chi connectivity index (χ1n) is 8.75. The van der Waals surface area contributed by atoms with Gasteiger partial charge in [-0.3, -0.25) is 4.79 Å². The molecule has 0 radical (unpaired) electrons. The van der Waals surface area contributed by atoms with Crippen LogP contribution in [-0.2, 0) is 17.9 Å². The van der Waals surface area contributed by atoms with Gasteiger partial charge in [0.15, 0.2) is 6.61 Å². The lowest BCUT2D eigenvalue weighted by atomic mass is 10.1. The molecule has 0 fully saturated rings. The lowest BCUT2D eigenvalue weighted by Gasteiger charge is -2.22. The van der Waals surface area contributed by atoms with Crippen LogP contribution in [-0.4, -0.2) is 17.4 Å². The van der Waals surface area contributed by atoms with E-state index >= 15 is 0 Å². The minimum absolute atomic E-state index is 0.0786. The van der Waals surface area contributed by atoms with Crippen molar-refractivity contribution in [3.8, 4) is 5.75 Å². The Morgan fingerprint density at radius 1 is 1.04 bits per heavy atom. The van der Waals surface area contributed by atoms with Gasteiger partial charge in [0.2, 0.25) is 0 Å². The van der Waals surface area contributed by atoms with Crippen LogP contribution in [0.1, 0.15) is 22.5 Å². The summed E-state index contributed by atoms with van der Waals surface area (Å²) in [6.07, 6.45) is 1.57. The number of benzene rings is 2. The van der Waals surface area contributed by atoms with Gasteiger partial charge in [-0.05, 0) is 66.9 Å². The molecule has 0 saturated heterocycles. The van der Waals surface area contributed by atoms with Crippen LogP contribution in [0, 0.1) is 19.7 Å². The fraction of sp³-hybridized carbons (Fsp3) is 0.227. The summed E-state index contributed by atoms with van der Waals surface area (Å²) >= 11 is 0. The molecule has 0 aliphatic carbocycles. The Labute approximate surface area is 158 Å². The maximum Gasteiger partial charge on any atom is 0.261 e. The highest BCUT2D eigenvalue weighted by atomic mass is 19.1. The highest BCUT2D eigenvalue weighted by Crippen LogP contribution is 2.17. The number of amides is 1. The zero-order chi connectivity index (χ0) is 19.2. The van der Waals surface area contributed by atoms with Gasteiger partial charge >= 0.3 is 0 Å². The number of ether oxygens (including phenoxy) is 1. The Balaban J connectivity index is 1.70. The van der Waals surface area contributed by atoms with Crippen LogP contribution in [0.2, 0.25) is 0 Å². The van der Waals surface area contributed by atoms with Gasteiger partial charge in [0.05, 0.1) is 12.8 Å². The topological polar surface area (TPSA) is 42.7 Å². The van der Waals surface area contributed by atoms with Crippen molar-refractivity contribution in [3.63, 3.8) is 0 Å². The first kappa shape index (κ1) is 18.7. The van der Waals surface area contributed by atoms with E-state index in [1.54, 1.807) is 29.4 Å². The van der Waals surface area contributed by atoms with E-state index < -0.39 is 0 Å². The molecular weight excluding hydrogens is 345 g/mol. The molecule has 0 N–H and O–H groups in total. The summed E-state index contributed by atoms with van der Waals surface area (Å²) in [7, 11) is 0. The first-order valence-corrected chi connectivity index (χ1v) is 8.75. The quantitative estimate of drug-likeness (QED) is 0.611. The first-order chi connectivity index (χ1) is 13.0. The predicted octanol–water partition coefficient (Wildman–Crippen LogP) is 4.64. The molecule has 0 unspecified atom stereocenters. The summed E-state index contributed by atoms with van der Waals surface area (Å²) in [6, 6.07) is 15.6. The van der Waals surface area contributed by atoms with E-state index in [1.165, 1.54) is 12.1 Å². The molecule has 0 saturated carbocycles. The number of halogens is 1. The Bertz CT molecular complexity index is 868. The molecule has 0 aliphatic heterocycles. The fourth-order valence-electron chi connectivity index (χ4n) is 2.89. The van der Waals surface area contributed by atoms with Gasteiger partial charge in [-0.2, -0.15) is 0 Å². The number of hydrogen-bond donors (Lipinski definition) is 0. The summed E-state index contributed by atoms with van der Waals surface area (Å²) in [5.74, 6) is 0.869. The average Bonchev–Trinajstić information content (AvgIpc) is 3.13. The van der Waals surface area contributed by atoms with Gasteiger partial charge in [-0.15, -0.1) is 0 Å². The van der Waals surface area contributed by atoms with Gasteiger partial charge < -0.3 is 14.1 Å². The molecule has 0 aliphatic rings. The Hall–Kier alpha value is -3.08. The third kappa shape index (κ3) is 5.45. The number of carbonyl (C=O) groups excluding carboxylic acids is 1. The number of furan rings is 1. The summed E-state index contributed by atoms with van der Waals surface area (Å²) in [6.45, 7) is 4.55.